The first-order valence-electron chi connectivity index (χ1n) is 12.0. The maximum absolute atomic E-state index is 15.1. The summed E-state index contributed by atoms with van der Waals surface area (Å²) in [4.78, 5) is 22.0. The molecule has 0 bridgehead atoms. The number of halogens is 1. The quantitative estimate of drug-likeness (QED) is 0.410. The van der Waals surface area contributed by atoms with E-state index in [1.165, 1.54) is 36.5 Å². The second kappa shape index (κ2) is 10.5. The van der Waals surface area contributed by atoms with Crippen molar-refractivity contribution < 1.29 is 23.4 Å². The zero-order valence-corrected chi connectivity index (χ0v) is 22.0. The van der Waals surface area contributed by atoms with Crippen LogP contribution in [0.3, 0.4) is 0 Å². The third-order valence-electron chi connectivity index (χ3n) is 5.92. The highest BCUT2D eigenvalue weighted by Crippen LogP contribution is 2.48. The van der Waals surface area contributed by atoms with Crippen LogP contribution in [0.2, 0.25) is 0 Å². The predicted molar refractivity (Wildman–Crippen MR) is 137 cm³/mol. The van der Waals surface area contributed by atoms with Crippen molar-refractivity contribution in [2.75, 3.05) is 32.6 Å². The van der Waals surface area contributed by atoms with E-state index in [9.17, 15) is 4.79 Å². The topological polar surface area (TPSA) is 138 Å². The second-order valence-corrected chi connectivity index (χ2v) is 10.3. The molecule has 1 aliphatic rings. The molecule has 11 nitrogen and oxygen atoms in total. The van der Waals surface area contributed by atoms with Gasteiger partial charge in [-0.1, -0.05) is 0 Å². The third-order valence-corrected chi connectivity index (χ3v) is 5.92. The lowest BCUT2D eigenvalue weighted by atomic mass is 10.1. The first kappa shape index (κ1) is 26.7. The number of aromatic amines is 1. The summed E-state index contributed by atoms with van der Waals surface area (Å²) >= 11 is 0. The summed E-state index contributed by atoms with van der Waals surface area (Å²) in [5.41, 5.74) is 0.122. The molecule has 2 heterocycles. The Labute approximate surface area is 219 Å². The van der Waals surface area contributed by atoms with Crippen molar-refractivity contribution in [1.29, 1.82) is 5.26 Å². The Morgan fingerprint density at radius 1 is 1.26 bits per heavy atom. The van der Waals surface area contributed by atoms with Crippen LogP contribution in [0, 0.1) is 22.6 Å². The van der Waals surface area contributed by atoms with Crippen LogP contribution in [-0.2, 0) is 4.74 Å². The molecule has 1 amide bonds. The Balaban J connectivity index is 1.52. The SMILES string of the molecule is COc1ccc(F)c(OCC2(CN(C)C(=O)OC(C)(C)C)CC2)c1-c1cc(Nc2cnc(C#N)cn2)n[nH]1. The maximum Gasteiger partial charge on any atom is 0.410 e. The molecule has 2 aromatic heterocycles. The van der Waals surface area contributed by atoms with Crippen molar-refractivity contribution in [3.05, 3.63) is 42.1 Å². The van der Waals surface area contributed by atoms with Crippen molar-refractivity contribution in [3.63, 3.8) is 0 Å². The monoisotopic (exact) mass is 523 g/mol. The van der Waals surface area contributed by atoms with Gasteiger partial charge in [-0.3, -0.25) is 5.10 Å². The van der Waals surface area contributed by atoms with Crippen molar-refractivity contribution in [1.82, 2.24) is 25.1 Å². The number of ether oxygens (including phenoxy) is 3. The van der Waals surface area contributed by atoms with Crippen LogP contribution in [-0.4, -0.2) is 64.1 Å². The van der Waals surface area contributed by atoms with Crippen LogP contribution in [0.1, 0.15) is 39.3 Å². The molecule has 1 saturated carbocycles. The summed E-state index contributed by atoms with van der Waals surface area (Å²) in [6, 6.07) is 6.37. The van der Waals surface area contributed by atoms with E-state index in [-0.39, 0.29) is 23.5 Å². The molecule has 1 fully saturated rings. The van der Waals surface area contributed by atoms with E-state index in [0.29, 0.717) is 35.2 Å². The molecule has 0 radical (unpaired) electrons. The Kier molecular flexibility index (Phi) is 7.39. The number of anilines is 2. The molecule has 0 saturated heterocycles. The van der Waals surface area contributed by atoms with E-state index in [0.717, 1.165) is 12.8 Å². The number of carbonyl (C=O) groups is 1. The zero-order valence-electron chi connectivity index (χ0n) is 22.0. The number of hydrogen-bond acceptors (Lipinski definition) is 9. The van der Waals surface area contributed by atoms with Crippen LogP contribution in [0.15, 0.2) is 30.6 Å². The van der Waals surface area contributed by atoms with Crippen LogP contribution in [0.25, 0.3) is 11.3 Å². The summed E-state index contributed by atoms with van der Waals surface area (Å²) < 4.78 is 32.1. The molecule has 38 heavy (non-hydrogen) atoms. The number of nitrogens with one attached hydrogen (secondary N) is 2. The number of carbonyl (C=O) groups excluding carboxylic acids is 1. The number of nitrogens with zero attached hydrogens (tertiary/aromatic N) is 5. The molecule has 200 valence electrons. The van der Waals surface area contributed by atoms with Gasteiger partial charge in [-0.05, 0) is 45.7 Å². The van der Waals surface area contributed by atoms with E-state index >= 15 is 4.39 Å². The van der Waals surface area contributed by atoms with Gasteiger partial charge in [-0.25, -0.2) is 19.2 Å². The first-order chi connectivity index (χ1) is 18.0. The van der Waals surface area contributed by atoms with Crippen molar-refractivity contribution >= 4 is 17.7 Å². The van der Waals surface area contributed by atoms with E-state index in [1.54, 1.807) is 13.1 Å². The van der Waals surface area contributed by atoms with Crippen molar-refractivity contribution in [3.8, 4) is 28.8 Å². The van der Waals surface area contributed by atoms with Gasteiger partial charge in [-0.15, -0.1) is 0 Å². The minimum Gasteiger partial charge on any atom is -0.496 e. The molecular weight excluding hydrogens is 493 g/mol. The molecule has 3 aromatic rings. The largest absolute Gasteiger partial charge is 0.496 e. The minimum absolute atomic E-state index is 0.0175. The Bertz CT molecular complexity index is 1340. The number of methoxy groups -OCH3 is 1. The lowest BCUT2D eigenvalue weighted by Crippen LogP contribution is -2.39. The third kappa shape index (κ3) is 6.29. The summed E-state index contributed by atoms with van der Waals surface area (Å²) in [5, 5.41) is 19.0. The normalized spacial score (nSPS) is 13.8. The highest BCUT2D eigenvalue weighted by atomic mass is 19.1. The Morgan fingerprint density at radius 2 is 2.03 bits per heavy atom. The summed E-state index contributed by atoms with van der Waals surface area (Å²) in [6.07, 6.45) is 4.01. The molecule has 4 rings (SSSR count). The van der Waals surface area contributed by atoms with Crippen molar-refractivity contribution in [2.45, 2.75) is 39.2 Å². The summed E-state index contributed by atoms with van der Waals surface area (Å²) in [7, 11) is 3.17. The molecule has 0 aliphatic heterocycles. The molecule has 1 aromatic carbocycles. The van der Waals surface area contributed by atoms with Crippen LogP contribution >= 0.6 is 0 Å². The number of rotatable bonds is 9. The first-order valence-corrected chi connectivity index (χ1v) is 12.0. The van der Waals surface area contributed by atoms with Gasteiger partial charge in [0.2, 0.25) is 0 Å². The molecule has 2 N–H and O–H groups in total. The molecule has 1 aliphatic carbocycles. The summed E-state index contributed by atoms with van der Waals surface area (Å²) in [5.74, 6) is 0.636. The zero-order chi connectivity index (χ0) is 27.5. The molecule has 0 atom stereocenters. The molecular formula is C26H30FN7O4. The highest BCUT2D eigenvalue weighted by molar-refractivity contribution is 5.76. The van der Waals surface area contributed by atoms with Gasteiger partial charge in [0.05, 0.1) is 37.4 Å². The number of hydrogen-bond donors (Lipinski definition) is 2. The van der Waals surface area contributed by atoms with E-state index in [1.807, 2.05) is 26.8 Å². The van der Waals surface area contributed by atoms with E-state index < -0.39 is 17.5 Å². The van der Waals surface area contributed by atoms with Crippen LogP contribution < -0.4 is 14.8 Å². The van der Waals surface area contributed by atoms with Gasteiger partial charge < -0.3 is 24.4 Å². The average molecular weight is 524 g/mol. The van der Waals surface area contributed by atoms with Crippen LogP contribution in [0.5, 0.6) is 11.5 Å². The fraction of sp³-hybridized carbons (Fsp3) is 0.423. The van der Waals surface area contributed by atoms with Gasteiger partial charge in [0.25, 0.3) is 0 Å². The minimum atomic E-state index is -0.596. The lowest BCUT2D eigenvalue weighted by molar-refractivity contribution is 0.0246. The Morgan fingerprint density at radius 3 is 2.63 bits per heavy atom. The van der Waals surface area contributed by atoms with Gasteiger partial charge in [0.1, 0.15) is 23.2 Å². The fourth-order valence-corrected chi connectivity index (χ4v) is 3.86. The van der Waals surface area contributed by atoms with E-state index in [2.05, 4.69) is 25.5 Å². The summed E-state index contributed by atoms with van der Waals surface area (Å²) in [6.45, 7) is 6.08. The number of H-pyrrole nitrogens is 1. The van der Waals surface area contributed by atoms with Crippen LogP contribution in [0.4, 0.5) is 20.8 Å². The lowest BCUT2D eigenvalue weighted by Gasteiger charge is -2.28. The average Bonchev–Trinajstić information content (AvgIpc) is 3.48. The number of amides is 1. The van der Waals surface area contributed by atoms with Gasteiger partial charge >= 0.3 is 6.09 Å². The Hall–Kier alpha value is -4.40. The standard InChI is InChI=1S/C26H30FN7O4/c1-25(2,3)38-24(35)34(4)14-26(8-9-26)15-37-23-17(27)6-7-19(36-5)22(23)18-10-20(33-32-18)31-21-13-29-16(11-28)12-30-21/h6-7,10,12-13H,8-9,14-15H2,1-5H3,(H2,30,31,32,33). The fourth-order valence-electron chi connectivity index (χ4n) is 3.86. The molecule has 0 unspecified atom stereocenters. The molecule has 12 heteroatoms. The molecule has 0 spiro atoms. The number of nitriles is 1. The second-order valence-electron chi connectivity index (χ2n) is 10.3. The van der Waals surface area contributed by atoms with Gasteiger partial charge in [0, 0.05) is 25.1 Å². The predicted octanol–water partition coefficient (Wildman–Crippen LogP) is 4.66. The number of benzene rings is 1. The number of aromatic nitrogens is 4. The van der Waals surface area contributed by atoms with Gasteiger partial charge in [-0.2, -0.15) is 10.4 Å². The maximum atomic E-state index is 15.1. The highest BCUT2D eigenvalue weighted by Gasteiger charge is 2.46. The van der Waals surface area contributed by atoms with Gasteiger partial charge in [0.15, 0.2) is 23.1 Å². The smallest absolute Gasteiger partial charge is 0.410 e. The van der Waals surface area contributed by atoms with Crippen molar-refractivity contribution in [2.24, 2.45) is 5.41 Å². The van der Waals surface area contributed by atoms with E-state index in [4.69, 9.17) is 19.5 Å².